The van der Waals surface area contributed by atoms with Crippen LogP contribution >= 0.6 is 0 Å². The summed E-state index contributed by atoms with van der Waals surface area (Å²) in [7, 11) is 0. The second-order valence-corrected chi connectivity index (χ2v) is 4.67. The van der Waals surface area contributed by atoms with Gasteiger partial charge < -0.3 is 15.5 Å². The van der Waals surface area contributed by atoms with Crippen molar-refractivity contribution in [2.24, 2.45) is 0 Å². The molecule has 1 aromatic heterocycles. The largest absolute Gasteiger partial charge is 0.479 e. The van der Waals surface area contributed by atoms with Gasteiger partial charge in [0.2, 0.25) is 0 Å². The molecule has 6 nitrogen and oxygen atoms in total. The molecule has 0 spiro atoms. The van der Waals surface area contributed by atoms with E-state index in [9.17, 15) is 14.7 Å². The summed E-state index contributed by atoms with van der Waals surface area (Å²) in [5.74, 6) is -1.84. The van der Waals surface area contributed by atoms with Crippen LogP contribution in [0.25, 0.3) is 10.9 Å². The number of carbonyl (C=O) groups excluding carboxylic acids is 1. The highest BCUT2D eigenvalue weighted by Gasteiger charge is 2.30. The van der Waals surface area contributed by atoms with E-state index in [-0.39, 0.29) is 6.54 Å². The Morgan fingerprint density at radius 1 is 1.35 bits per heavy atom. The number of benzene rings is 1. The number of aromatic nitrogens is 1. The number of aliphatic hydroxyl groups is 1. The highest BCUT2D eigenvalue weighted by Crippen LogP contribution is 2.13. The molecule has 3 N–H and O–H groups in total. The number of carbonyl (C=O) groups is 2. The number of amides is 1. The number of fused-ring (bicyclic) bond motifs is 1. The lowest BCUT2D eigenvalue weighted by atomic mass is 10.1. The topological polar surface area (TPSA) is 99.5 Å². The molecule has 0 fully saturated rings. The smallest absolute Gasteiger partial charge is 0.337 e. The van der Waals surface area contributed by atoms with Crippen molar-refractivity contribution in [2.45, 2.75) is 12.5 Å². The first-order chi connectivity index (χ1) is 9.40. The molecule has 1 aromatic carbocycles. The Balaban J connectivity index is 2.14. The van der Waals surface area contributed by atoms with E-state index >= 15 is 0 Å². The van der Waals surface area contributed by atoms with E-state index in [0.717, 1.165) is 17.8 Å². The van der Waals surface area contributed by atoms with E-state index < -0.39 is 17.5 Å². The van der Waals surface area contributed by atoms with Crippen LogP contribution < -0.4 is 5.32 Å². The molecule has 104 valence electrons. The third-order valence-corrected chi connectivity index (χ3v) is 2.92. The number of rotatable bonds is 4. The first-order valence-corrected chi connectivity index (χ1v) is 5.99. The fraction of sp³-hybridized carbons (Fsp3) is 0.214. The molecule has 6 heteroatoms. The minimum Gasteiger partial charge on any atom is -0.479 e. The zero-order valence-electron chi connectivity index (χ0n) is 10.8. The average Bonchev–Trinajstić information content (AvgIpc) is 2.44. The van der Waals surface area contributed by atoms with E-state index in [1.165, 1.54) is 0 Å². The van der Waals surface area contributed by atoms with Crippen LogP contribution in [0.5, 0.6) is 0 Å². The van der Waals surface area contributed by atoms with Crippen molar-refractivity contribution < 1.29 is 19.8 Å². The molecule has 1 atom stereocenters. The zero-order valence-corrected chi connectivity index (χ0v) is 10.8. The average molecular weight is 274 g/mol. The van der Waals surface area contributed by atoms with Crippen LogP contribution in [0.1, 0.15) is 17.3 Å². The number of nitrogens with one attached hydrogen (secondary N) is 1. The van der Waals surface area contributed by atoms with Crippen molar-refractivity contribution in [3.8, 4) is 0 Å². The second-order valence-electron chi connectivity index (χ2n) is 4.67. The Kier molecular flexibility index (Phi) is 3.67. The molecule has 0 bridgehead atoms. The Hall–Kier alpha value is -2.47. The van der Waals surface area contributed by atoms with Crippen LogP contribution in [0.3, 0.4) is 0 Å². The Bertz CT molecular complexity index is 667. The first kappa shape index (κ1) is 14.0. The van der Waals surface area contributed by atoms with Gasteiger partial charge in [-0.3, -0.25) is 9.78 Å². The van der Waals surface area contributed by atoms with E-state index in [4.69, 9.17) is 5.11 Å². The highest BCUT2D eigenvalue weighted by atomic mass is 16.4. The Morgan fingerprint density at radius 2 is 2.10 bits per heavy atom. The van der Waals surface area contributed by atoms with E-state index in [2.05, 4.69) is 10.3 Å². The summed E-state index contributed by atoms with van der Waals surface area (Å²) in [6.45, 7) is 0.756. The quantitative estimate of drug-likeness (QED) is 0.765. The lowest BCUT2D eigenvalue weighted by Gasteiger charge is -2.18. The number of carboxylic acids is 1. The predicted octanol–water partition coefficient (Wildman–Crippen LogP) is 0.800. The molecule has 0 radical (unpaired) electrons. The normalized spacial score (nSPS) is 13.7. The summed E-state index contributed by atoms with van der Waals surface area (Å²) in [4.78, 5) is 26.8. The molecular formula is C14H14N2O4. The number of carboxylic acid groups (broad SMARTS) is 1. The van der Waals surface area contributed by atoms with Crippen LogP contribution in [0.2, 0.25) is 0 Å². The van der Waals surface area contributed by atoms with Gasteiger partial charge >= 0.3 is 5.97 Å². The SMILES string of the molecule is CC(O)(CNC(=O)c1ccc2ncccc2c1)C(=O)O. The van der Waals surface area contributed by atoms with Gasteiger partial charge in [-0.25, -0.2) is 4.79 Å². The lowest BCUT2D eigenvalue weighted by Crippen LogP contribution is -2.46. The van der Waals surface area contributed by atoms with E-state index in [1.807, 2.05) is 6.07 Å². The molecule has 1 heterocycles. The van der Waals surface area contributed by atoms with E-state index in [0.29, 0.717) is 5.56 Å². The summed E-state index contributed by atoms with van der Waals surface area (Å²) < 4.78 is 0. The van der Waals surface area contributed by atoms with Gasteiger partial charge in [-0.2, -0.15) is 0 Å². The number of pyridine rings is 1. The molecule has 0 aliphatic rings. The molecule has 2 rings (SSSR count). The summed E-state index contributed by atoms with van der Waals surface area (Å²) >= 11 is 0. The van der Waals surface area contributed by atoms with Gasteiger partial charge in [-0.1, -0.05) is 6.07 Å². The molecule has 0 saturated heterocycles. The van der Waals surface area contributed by atoms with Gasteiger partial charge in [0.1, 0.15) is 0 Å². The van der Waals surface area contributed by atoms with Crippen molar-refractivity contribution in [3.05, 3.63) is 42.1 Å². The fourth-order valence-corrected chi connectivity index (χ4v) is 1.65. The number of hydrogen-bond acceptors (Lipinski definition) is 4. The van der Waals surface area contributed by atoms with E-state index in [1.54, 1.807) is 30.5 Å². The van der Waals surface area contributed by atoms with Crippen LogP contribution in [-0.2, 0) is 4.79 Å². The highest BCUT2D eigenvalue weighted by molar-refractivity contribution is 5.98. The monoisotopic (exact) mass is 274 g/mol. The molecule has 1 amide bonds. The van der Waals surface area contributed by atoms with Gasteiger partial charge in [0.15, 0.2) is 5.60 Å². The molecule has 0 aliphatic heterocycles. The van der Waals surface area contributed by atoms with Crippen molar-refractivity contribution >= 4 is 22.8 Å². The van der Waals surface area contributed by atoms with Crippen LogP contribution in [0.15, 0.2) is 36.5 Å². The van der Waals surface area contributed by atoms with Gasteiger partial charge in [0.25, 0.3) is 5.91 Å². The Labute approximate surface area is 115 Å². The maximum atomic E-state index is 11.9. The van der Waals surface area contributed by atoms with Crippen molar-refractivity contribution in [1.29, 1.82) is 0 Å². The molecular weight excluding hydrogens is 260 g/mol. The van der Waals surface area contributed by atoms with Crippen LogP contribution in [0, 0.1) is 0 Å². The Morgan fingerprint density at radius 3 is 2.80 bits per heavy atom. The molecule has 2 aromatic rings. The lowest BCUT2D eigenvalue weighted by molar-refractivity contribution is -0.155. The number of aliphatic carboxylic acids is 1. The fourth-order valence-electron chi connectivity index (χ4n) is 1.65. The van der Waals surface area contributed by atoms with Gasteiger partial charge in [-0.05, 0) is 31.2 Å². The third kappa shape index (κ3) is 2.92. The summed E-state index contributed by atoms with van der Waals surface area (Å²) in [6.07, 6.45) is 1.66. The standard InChI is InChI=1S/C14H14N2O4/c1-14(20,13(18)19)8-16-12(17)10-4-5-11-9(7-10)3-2-6-15-11/h2-7,20H,8H2,1H3,(H,16,17)(H,18,19). The minimum absolute atomic E-state index is 0.369. The molecule has 20 heavy (non-hydrogen) atoms. The van der Waals surface area contributed by atoms with Crippen LogP contribution in [-0.4, -0.2) is 39.2 Å². The zero-order chi connectivity index (χ0) is 14.8. The van der Waals surface area contributed by atoms with Gasteiger partial charge in [0.05, 0.1) is 12.1 Å². The molecule has 1 unspecified atom stereocenters. The van der Waals surface area contributed by atoms with Crippen molar-refractivity contribution in [2.75, 3.05) is 6.54 Å². The third-order valence-electron chi connectivity index (χ3n) is 2.92. The second kappa shape index (κ2) is 5.26. The maximum absolute atomic E-state index is 11.9. The molecule has 0 aliphatic carbocycles. The summed E-state index contributed by atoms with van der Waals surface area (Å²) in [5.41, 5.74) is -0.845. The first-order valence-electron chi connectivity index (χ1n) is 5.99. The number of nitrogens with zero attached hydrogens (tertiary/aromatic N) is 1. The molecule has 0 saturated carbocycles. The predicted molar refractivity (Wildman–Crippen MR) is 72.3 cm³/mol. The minimum atomic E-state index is -1.99. The van der Waals surface area contributed by atoms with Crippen molar-refractivity contribution in [3.63, 3.8) is 0 Å². The number of hydrogen-bond donors (Lipinski definition) is 3. The summed E-state index contributed by atoms with van der Waals surface area (Å²) in [5, 5.41) is 21.5. The van der Waals surface area contributed by atoms with Gasteiger partial charge in [0, 0.05) is 17.1 Å². The summed E-state index contributed by atoms with van der Waals surface area (Å²) in [6, 6.07) is 8.55. The van der Waals surface area contributed by atoms with Crippen LogP contribution in [0.4, 0.5) is 0 Å². The maximum Gasteiger partial charge on any atom is 0.337 e. The van der Waals surface area contributed by atoms with Crippen molar-refractivity contribution in [1.82, 2.24) is 10.3 Å². The van der Waals surface area contributed by atoms with Gasteiger partial charge in [-0.15, -0.1) is 0 Å².